The molecule has 3 heterocycles. The Morgan fingerprint density at radius 1 is 0.462 bits per heavy atom. The van der Waals surface area contributed by atoms with Gasteiger partial charge in [0, 0.05) is 27.8 Å². The Kier molecular flexibility index (Phi) is 7.17. The summed E-state index contributed by atoms with van der Waals surface area (Å²) in [5, 5.41) is 5.86. The van der Waals surface area contributed by atoms with E-state index in [4.69, 9.17) is 9.72 Å². The minimum atomic E-state index is -0.228. The van der Waals surface area contributed by atoms with Gasteiger partial charge in [0.25, 0.3) is 0 Å². The predicted octanol–water partition coefficient (Wildman–Crippen LogP) is 12.3. The lowest BCUT2D eigenvalue weighted by atomic mass is 9.97. The molecule has 1 unspecified atom stereocenters. The highest BCUT2D eigenvalue weighted by Gasteiger charge is 2.28. The number of anilines is 1. The topological polar surface area (TPSA) is 39.1 Å². The van der Waals surface area contributed by atoms with Crippen LogP contribution in [0, 0.1) is 0 Å². The third-order valence-electron chi connectivity index (χ3n) is 10.1. The Balaban J connectivity index is 1.05. The lowest BCUT2D eigenvalue weighted by molar-refractivity contribution is 0.263. The van der Waals surface area contributed by atoms with Gasteiger partial charge in [0.15, 0.2) is 12.0 Å². The minimum Gasteiger partial charge on any atom is -0.464 e. The van der Waals surface area contributed by atoms with Gasteiger partial charge in [-0.25, -0.2) is 4.98 Å². The molecule has 2 aromatic heterocycles. The number of fused-ring (bicyclic) bond motifs is 5. The van der Waals surface area contributed by atoms with Gasteiger partial charge in [0.05, 0.1) is 33.5 Å². The number of rotatable bonds is 6. The summed E-state index contributed by atoms with van der Waals surface area (Å²) in [6.45, 7) is 0. The quantitative estimate of drug-likeness (QED) is 0.192. The number of nitrogens with one attached hydrogen (secondary N) is 1. The van der Waals surface area contributed by atoms with E-state index in [0.717, 1.165) is 78.1 Å². The van der Waals surface area contributed by atoms with Crippen LogP contribution in [0.5, 0.6) is 5.75 Å². The van der Waals surface area contributed by atoms with Crippen molar-refractivity contribution in [1.29, 1.82) is 0 Å². The van der Waals surface area contributed by atoms with Gasteiger partial charge in [-0.3, -0.25) is 0 Å². The van der Waals surface area contributed by atoms with E-state index in [1.54, 1.807) is 0 Å². The molecule has 1 aliphatic heterocycles. The molecule has 0 fully saturated rings. The zero-order valence-corrected chi connectivity index (χ0v) is 28.3. The fourth-order valence-corrected chi connectivity index (χ4v) is 7.48. The lowest BCUT2D eigenvalue weighted by Crippen LogP contribution is -2.09. The number of para-hydroxylation sites is 1. The molecule has 4 heteroatoms. The van der Waals surface area contributed by atoms with Crippen molar-refractivity contribution in [3.05, 3.63) is 194 Å². The molecule has 1 aliphatic rings. The van der Waals surface area contributed by atoms with Crippen molar-refractivity contribution in [2.24, 2.45) is 0 Å². The summed E-state index contributed by atoms with van der Waals surface area (Å²) in [6, 6.07) is 66.2. The van der Waals surface area contributed by atoms with Gasteiger partial charge in [-0.2, -0.15) is 0 Å². The fraction of sp³-hybridized carbons (Fsp3) is 0.0208. The molecule has 4 nitrogen and oxygen atoms in total. The monoisotopic (exact) mass is 667 g/mol. The maximum absolute atomic E-state index is 6.63. The van der Waals surface area contributed by atoms with E-state index in [1.165, 1.54) is 11.1 Å². The molecule has 10 rings (SSSR count). The first-order valence-electron chi connectivity index (χ1n) is 17.7. The standard InChI is InChI=1S/C48H33N3O/c1-4-12-32(13-5-1)33-20-22-34(23-21-33)38-30-42(35-14-6-2-7-15-35)49-43(31-38)36-24-26-39(27-25-36)51-44-19-11-10-18-40(44)46-45(51)29-28-41-47(46)52-48(50-41)37-16-8-3-9-17-37/h1-31,48,50H. The second kappa shape index (κ2) is 12.4. The van der Waals surface area contributed by atoms with Crippen molar-refractivity contribution in [2.45, 2.75) is 6.23 Å². The highest BCUT2D eigenvalue weighted by molar-refractivity contribution is 6.14. The zero-order chi connectivity index (χ0) is 34.4. The van der Waals surface area contributed by atoms with Gasteiger partial charge in [0.1, 0.15) is 0 Å². The fourth-order valence-electron chi connectivity index (χ4n) is 7.48. The zero-order valence-electron chi connectivity index (χ0n) is 28.3. The number of hydrogen-bond acceptors (Lipinski definition) is 3. The molecule has 0 aliphatic carbocycles. The summed E-state index contributed by atoms with van der Waals surface area (Å²) in [5.74, 6) is 0.893. The van der Waals surface area contributed by atoms with Gasteiger partial charge in [-0.15, -0.1) is 0 Å². The summed E-state index contributed by atoms with van der Waals surface area (Å²) in [4.78, 5) is 5.20. The van der Waals surface area contributed by atoms with Crippen LogP contribution < -0.4 is 10.1 Å². The Bertz CT molecular complexity index is 2700. The summed E-state index contributed by atoms with van der Waals surface area (Å²) < 4.78 is 8.97. The molecule has 0 spiro atoms. The van der Waals surface area contributed by atoms with E-state index in [-0.39, 0.29) is 6.23 Å². The van der Waals surface area contributed by atoms with E-state index in [1.807, 2.05) is 24.3 Å². The summed E-state index contributed by atoms with van der Waals surface area (Å²) in [6.07, 6.45) is -0.228. The molecule has 0 saturated heterocycles. The first-order chi connectivity index (χ1) is 25.8. The number of benzene rings is 7. The van der Waals surface area contributed by atoms with Crippen molar-refractivity contribution >= 4 is 27.5 Å². The average molecular weight is 668 g/mol. The normalized spacial score (nSPS) is 13.5. The maximum Gasteiger partial charge on any atom is 0.196 e. The van der Waals surface area contributed by atoms with Crippen LogP contribution in [-0.2, 0) is 0 Å². The number of nitrogens with zero attached hydrogens (tertiary/aromatic N) is 2. The molecular formula is C48H33N3O. The Labute approximate surface area is 302 Å². The van der Waals surface area contributed by atoms with Crippen LogP contribution in [0.4, 0.5) is 5.69 Å². The molecule has 7 aromatic carbocycles. The van der Waals surface area contributed by atoms with Crippen LogP contribution in [0.2, 0.25) is 0 Å². The van der Waals surface area contributed by atoms with Crippen LogP contribution in [0.3, 0.4) is 0 Å². The van der Waals surface area contributed by atoms with Crippen molar-refractivity contribution in [3.8, 4) is 56.2 Å². The number of aromatic nitrogens is 2. The van der Waals surface area contributed by atoms with Gasteiger partial charge < -0.3 is 14.6 Å². The first-order valence-corrected chi connectivity index (χ1v) is 17.7. The summed E-state index contributed by atoms with van der Waals surface area (Å²) in [5.41, 5.74) is 14.2. The molecule has 9 aromatic rings. The maximum atomic E-state index is 6.63. The number of hydrogen-bond donors (Lipinski definition) is 1. The average Bonchev–Trinajstić information content (AvgIpc) is 3.82. The third kappa shape index (κ3) is 5.21. The van der Waals surface area contributed by atoms with Crippen LogP contribution in [0.1, 0.15) is 11.8 Å². The van der Waals surface area contributed by atoms with Gasteiger partial charge >= 0.3 is 0 Å². The van der Waals surface area contributed by atoms with E-state index in [2.05, 4.69) is 174 Å². The van der Waals surface area contributed by atoms with E-state index in [0.29, 0.717) is 0 Å². The molecule has 0 saturated carbocycles. The molecule has 1 N–H and O–H groups in total. The summed E-state index contributed by atoms with van der Waals surface area (Å²) in [7, 11) is 0. The number of pyridine rings is 1. The molecule has 0 radical (unpaired) electrons. The number of ether oxygens (including phenoxy) is 1. The second-order valence-electron chi connectivity index (χ2n) is 13.2. The van der Waals surface area contributed by atoms with Gasteiger partial charge in [-0.1, -0.05) is 146 Å². The second-order valence-corrected chi connectivity index (χ2v) is 13.2. The van der Waals surface area contributed by atoms with Crippen molar-refractivity contribution in [3.63, 3.8) is 0 Å². The molecule has 0 amide bonds. The molecule has 1 atom stereocenters. The van der Waals surface area contributed by atoms with Gasteiger partial charge in [0.2, 0.25) is 0 Å². The van der Waals surface area contributed by atoms with Crippen molar-refractivity contribution in [1.82, 2.24) is 9.55 Å². The van der Waals surface area contributed by atoms with Crippen LogP contribution in [-0.4, -0.2) is 9.55 Å². The Morgan fingerprint density at radius 3 is 1.69 bits per heavy atom. The third-order valence-corrected chi connectivity index (χ3v) is 10.1. The van der Waals surface area contributed by atoms with Gasteiger partial charge in [-0.05, 0) is 64.7 Å². The highest BCUT2D eigenvalue weighted by atomic mass is 16.5. The van der Waals surface area contributed by atoms with Crippen molar-refractivity contribution < 1.29 is 4.74 Å². The molecule has 246 valence electrons. The Morgan fingerprint density at radius 2 is 1.00 bits per heavy atom. The Hall–Kier alpha value is -6.91. The molecule has 52 heavy (non-hydrogen) atoms. The van der Waals surface area contributed by atoms with E-state index >= 15 is 0 Å². The first kappa shape index (κ1) is 30.0. The largest absolute Gasteiger partial charge is 0.464 e. The van der Waals surface area contributed by atoms with Crippen LogP contribution in [0.25, 0.3) is 72.3 Å². The van der Waals surface area contributed by atoms with E-state index in [9.17, 15) is 0 Å². The minimum absolute atomic E-state index is 0.228. The highest BCUT2D eigenvalue weighted by Crippen LogP contribution is 2.47. The van der Waals surface area contributed by atoms with Crippen molar-refractivity contribution in [2.75, 3.05) is 5.32 Å². The van der Waals surface area contributed by atoms with E-state index < -0.39 is 0 Å². The SMILES string of the molecule is c1ccc(-c2ccc(-c3cc(-c4ccccc4)nc(-c4ccc(-n5c6ccccc6c6c7c(ccc65)NC(c5ccccc5)O7)cc4)c3)cc2)cc1. The molecular weight excluding hydrogens is 635 g/mol. The lowest BCUT2D eigenvalue weighted by Gasteiger charge is -2.12. The van der Waals surface area contributed by atoms with Crippen LogP contribution >= 0.6 is 0 Å². The molecule has 0 bridgehead atoms. The smallest absolute Gasteiger partial charge is 0.196 e. The van der Waals surface area contributed by atoms with Crippen LogP contribution in [0.15, 0.2) is 188 Å². The summed E-state index contributed by atoms with van der Waals surface area (Å²) >= 11 is 0. The predicted molar refractivity (Wildman–Crippen MR) is 214 cm³/mol.